The molecule has 1 saturated carbocycles. The molecule has 2 rings (SSSR count). The SMILES string of the molecule is CCOC(=O)N1CCC(NC(=NCC(=O)N(C)C)NC2CCCC2)CC1. The van der Waals surface area contributed by atoms with E-state index < -0.39 is 0 Å². The number of likely N-dealkylation sites (N-methyl/N-ethyl adjacent to an activating group) is 1. The Labute approximate surface area is 156 Å². The van der Waals surface area contributed by atoms with Gasteiger partial charge in [0.25, 0.3) is 0 Å². The first-order chi connectivity index (χ1) is 12.5. The number of carbonyl (C=O) groups is 2. The van der Waals surface area contributed by atoms with E-state index in [-0.39, 0.29) is 24.6 Å². The second kappa shape index (κ2) is 10.2. The average molecular weight is 367 g/mol. The summed E-state index contributed by atoms with van der Waals surface area (Å²) < 4.78 is 5.06. The molecule has 2 aliphatic rings. The van der Waals surface area contributed by atoms with Crippen LogP contribution in [0.1, 0.15) is 45.4 Å². The van der Waals surface area contributed by atoms with Crippen molar-refractivity contribution in [1.82, 2.24) is 20.4 Å². The second-order valence-corrected chi connectivity index (χ2v) is 7.18. The number of carbonyl (C=O) groups excluding carboxylic acids is 2. The fourth-order valence-corrected chi connectivity index (χ4v) is 3.30. The Bertz CT molecular complexity index is 495. The molecule has 1 aliphatic carbocycles. The number of nitrogens with one attached hydrogen (secondary N) is 2. The van der Waals surface area contributed by atoms with Crippen molar-refractivity contribution >= 4 is 18.0 Å². The van der Waals surface area contributed by atoms with Gasteiger partial charge in [-0.05, 0) is 32.6 Å². The van der Waals surface area contributed by atoms with E-state index in [1.54, 1.807) is 23.9 Å². The Hall–Kier alpha value is -1.99. The molecule has 0 radical (unpaired) electrons. The van der Waals surface area contributed by atoms with Crippen LogP contribution in [0.15, 0.2) is 4.99 Å². The van der Waals surface area contributed by atoms with Gasteiger partial charge in [-0.25, -0.2) is 9.79 Å². The topological polar surface area (TPSA) is 86.3 Å². The average Bonchev–Trinajstić information content (AvgIpc) is 3.13. The summed E-state index contributed by atoms with van der Waals surface area (Å²) in [5, 5.41) is 6.93. The van der Waals surface area contributed by atoms with Crippen molar-refractivity contribution < 1.29 is 14.3 Å². The minimum atomic E-state index is -0.236. The summed E-state index contributed by atoms with van der Waals surface area (Å²) in [4.78, 5) is 31.4. The van der Waals surface area contributed by atoms with E-state index in [0.717, 1.165) is 25.7 Å². The first-order valence-electron chi connectivity index (χ1n) is 9.69. The third-order valence-electron chi connectivity index (χ3n) is 4.93. The first-order valence-corrected chi connectivity index (χ1v) is 9.69. The lowest BCUT2D eigenvalue weighted by Gasteiger charge is -2.32. The Morgan fingerprint density at radius 2 is 1.65 bits per heavy atom. The summed E-state index contributed by atoms with van der Waals surface area (Å²) in [5.41, 5.74) is 0. The van der Waals surface area contributed by atoms with Gasteiger partial charge >= 0.3 is 6.09 Å². The monoisotopic (exact) mass is 367 g/mol. The summed E-state index contributed by atoms with van der Waals surface area (Å²) >= 11 is 0. The Morgan fingerprint density at radius 3 is 2.19 bits per heavy atom. The number of amides is 2. The second-order valence-electron chi connectivity index (χ2n) is 7.18. The highest BCUT2D eigenvalue weighted by atomic mass is 16.6. The number of guanidine groups is 1. The number of hydrogen-bond acceptors (Lipinski definition) is 4. The minimum absolute atomic E-state index is 0.0188. The standard InChI is InChI=1S/C18H33N5O3/c1-4-26-18(25)23-11-9-15(10-12-23)21-17(19-13-16(24)22(2)3)20-14-7-5-6-8-14/h14-15H,4-13H2,1-3H3,(H2,19,20,21). The van der Waals surface area contributed by atoms with Crippen LogP contribution in [-0.2, 0) is 9.53 Å². The quantitative estimate of drug-likeness (QED) is 0.563. The molecule has 0 bridgehead atoms. The van der Waals surface area contributed by atoms with Crippen molar-refractivity contribution in [2.75, 3.05) is 40.3 Å². The van der Waals surface area contributed by atoms with E-state index in [4.69, 9.17) is 4.74 Å². The predicted octanol–water partition coefficient (Wildman–Crippen LogP) is 1.17. The van der Waals surface area contributed by atoms with Crippen LogP contribution in [0.3, 0.4) is 0 Å². The van der Waals surface area contributed by atoms with Gasteiger partial charge in [0.1, 0.15) is 6.54 Å². The van der Waals surface area contributed by atoms with Crippen molar-refractivity contribution in [3.05, 3.63) is 0 Å². The Balaban J connectivity index is 1.88. The Kier molecular flexibility index (Phi) is 8.00. The zero-order valence-electron chi connectivity index (χ0n) is 16.3. The fourth-order valence-electron chi connectivity index (χ4n) is 3.30. The smallest absolute Gasteiger partial charge is 0.409 e. The molecule has 2 N–H and O–H groups in total. The molecular weight excluding hydrogens is 334 g/mol. The number of nitrogens with zero attached hydrogens (tertiary/aromatic N) is 3. The maximum Gasteiger partial charge on any atom is 0.409 e. The highest BCUT2D eigenvalue weighted by molar-refractivity contribution is 5.85. The molecule has 1 aliphatic heterocycles. The molecule has 1 heterocycles. The van der Waals surface area contributed by atoms with Gasteiger partial charge < -0.3 is 25.2 Å². The maximum absolute atomic E-state index is 11.9. The normalized spacial score (nSPS) is 19.3. The van der Waals surface area contributed by atoms with Crippen LogP contribution in [0.4, 0.5) is 4.79 Å². The van der Waals surface area contributed by atoms with Gasteiger partial charge in [-0.1, -0.05) is 12.8 Å². The number of rotatable bonds is 5. The zero-order chi connectivity index (χ0) is 18.9. The summed E-state index contributed by atoms with van der Waals surface area (Å²) in [6, 6.07) is 0.665. The zero-order valence-corrected chi connectivity index (χ0v) is 16.3. The highest BCUT2D eigenvalue weighted by Gasteiger charge is 2.25. The van der Waals surface area contributed by atoms with Gasteiger partial charge in [-0.3, -0.25) is 4.79 Å². The first kappa shape index (κ1) is 20.3. The number of likely N-dealkylation sites (tertiary alicyclic amines) is 1. The van der Waals surface area contributed by atoms with Crippen molar-refractivity contribution in [2.45, 2.75) is 57.5 Å². The fraction of sp³-hybridized carbons (Fsp3) is 0.833. The molecule has 8 heteroatoms. The van der Waals surface area contributed by atoms with Gasteiger partial charge in [0.15, 0.2) is 5.96 Å². The number of aliphatic imine (C=N–C) groups is 1. The lowest BCUT2D eigenvalue weighted by Crippen LogP contribution is -2.51. The molecule has 26 heavy (non-hydrogen) atoms. The molecule has 8 nitrogen and oxygen atoms in total. The molecule has 1 saturated heterocycles. The summed E-state index contributed by atoms with van der Waals surface area (Å²) in [6.45, 7) is 3.70. The van der Waals surface area contributed by atoms with Crippen molar-refractivity contribution in [3.63, 3.8) is 0 Å². The van der Waals surface area contributed by atoms with E-state index in [1.165, 1.54) is 12.8 Å². The van der Waals surface area contributed by atoms with E-state index >= 15 is 0 Å². The lowest BCUT2D eigenvalue weighted by molar-refractivity contribution is -0.127. The van der Waals surface area contributed by atoms with E-state index in [9.17, 15) is 9.59 Å². The molecule has 0 atom stereocenters. The third-order valence-corrected chi connectivity index (χ3v) is 4.93. The minimum Gasteiger partial charge on any atom is -0.450 e. The van der Waals surface area contributed by atoms with Crippen LogP contribution in [0.2, 0.25) is 0 Å². The molecule has 148 valence electrons. The van der Waals surface area contributed by atoms with Crippen LogP contribution in [0.25, 0.3) is 0 Å². The molecule has 2 amide bonds. The maximum atomic E-state index is 11.9. The van der Waals surface area contributed by atoms with Crippen molar-refractivity contribution in [1.29, 1.82) is 0 Å². The molecule has 0 aromatic carbocycles. The van der Waals surface area contributed by atoms with Crippen molar-refractivity contribution in [3.8, 4) is 0 Å². The van der Waals surface area contributed by atoms with Crippen LogP contribution in [0.5, 0.6) is 0 Å². The van der Waals surface area contributed by atoms with Crippen LogP contribution in [-0.4, -0.2) is 80.2 Å². The predicted molar refractivity (Wildman–Crippen MR) is 101 cm³/mol. The highest BCUT2D eigenvalue weighted by Crippen LogP contribution is 2.18. The molecule has 0 spiro atoms. The molecule has 0 unspecified atom stereocenters. The lowest BCUT2D eigenvalue weighted by atomic mass is 10.1. The van der Waals surface area contributed by atoms with E-state index in [2.05, 4.69) is 15.6 Å². The summed E-state index contributed by atoms with van der Waals surface area (Å²) in [5.74, 6) is 0.691. The van der Waals surface area contributed by atoms with Gasteiger partial charge in [0.05, 0.1) is 6.61 Å². The van der Waals surface area contributed by atoms with Gasteiger partial charge in [0.2, 0.25) is 5.91 Å². The van der Waals surface area contributed by atoms with Crippen molar-refractivity contribution in [2.24, 2.45) is 4.99 Å². The summed E-state index contributed by atoms with van der Waals surface area (Å²) in [6.07, 6.45) is 6.20. The number of ether oxygens (including phenoxy) is 1. The van der Waals surface area contributed by atoms with Gasteiger partial charge in [-0.15, -0.1) is 0 Å². The van der Waals surface area contributed by atoms with Crippen LogP contribution < -0.4 is 10.6 Å². The van der Waals surface area contributed by atoms with Crippen LogP contribution in [0, 0.1) is 0 Å². The third kappa shape index (κ3) is 6.38. The van der Waals surface area contributed by atoms with Gasteiger partial charge in [-0.2, -0.15) is 0 Å². The number of hydrogen-bond donors (Lipinski definition) is 2. The van der Waals surface area contributed by atoms with E-state index in [0.29, 0.717) is 31.7 Å². The molecule has 0 aromatic rings. The molecule has 0 aromatic heterocycles. The molecule has 2 fully saturated rings. The number of piperidine rings is 1. The van der Waals surface area contributed by atoms with E-state index in [1.807, 2.05) is 6.92 Å². The Morgan fingerprint density at radius 1 is 1.08 bits per heavy atom. The largest absolute Gasteiger partial charge is 0.450 e. The molecular formula is C18H33N5O3. The van der Waals surface area contributed by atoms with Gasteiger partial charge in [0, 0.05) is 39.3 Å². The summed E-state index contributed by atoms with van der Waals surface area (Å²) in [7, 11) is 3.47. The van der Waals surface area contributed by atoms with Crippen LogP contribution >= 0.6 is 0 Å².